The molecule has 1 amide bonds. The van der Waals surface area contributed by atoms with Crippen LogP contribution in [-0.2, 0) is 0 Å². The Hall–Kier alpha value is -0.830. The average Bonchev–Trinajstić information content (AvgIpc) is 2.39. The van der Waals surface area contributed by atoms with Gasteiger partial charge >= 0.3 is 0 Å². The molecule has 0 unspecified atom stereocenters. The van der Waals surface area contributed by atoms with E-state index >= 15 is 0 Å². The van der Waals surface area contributed by atoms with Crippen LogP contribution in [0.5, 0.6) is 0 Å². The second kappa shape index (κ2) is 6.37. The summed E-state index contributed by atoms with van der Waals surface area (Å²) in [6, 6.07) is 5.86. The molecule has 0 aromatic heterocycles. The fourth-order valence-corrected chi connectivity index (χ4v) is 2.89. The highest BCUT2D eigenvalue weighted by molar-refractivity contribution is 9.09. The van der Waals surface area contributed by atoms with Gasteiger partial charge in [-0.25, -0.2) is 0 Å². The van der Waals surface area contributed by atoms with Gasteiger partial charge in [0.1, 0.15) is 0 Å². The zero-order valence-electron chi connectivity index (χ0n) is 11.6. The molecule has 0 heterocycles. The number of rotatable bonds is 5. The van der Waals surface area contributed by atoms with E-state index in [2.05, 4.69) is 35.1 Å². The molecule has 2 nitrogen and oxygen atoms in total. The lowest BCUT2D eigenvalue weighted by Gasteiger charge is -2.31. The zero-order chi connectivity index (χ0) is 13.8. The van der Waals surface area contributed by atoms with E-state index < -0.39 is 0 Å². The first-order valence-corrected chi connectivity index (χ1v) is 7.56. The summed E-state index contributed by atoms with van der Waals surface area (Å²) in [5.41, 5.74) is 2.85. The monoisotopic (exact) mass is 311 g/mol. The molecule has 0 saturated carbocycles. The van der Waals surface area contributed by atoms with Crippen LogP contribution in [-0.4, -0.2) is 16.8 Å². The van der Waals surface area contributed by atoms with Crippen molar-refractivity contribution in [2.24, 2.45) is 0 Å². The van der Waals surface area contributed by atoms with E-state index in [1.165, 1.54) is 0 Å². The van der Waals surface area contributed by atoms with Gasteiger partial charge in [-0.05, 0) is 43.9 Å². The quantitative estimate of drug-likeness (QED) is 0.819. The van der Waals surface area contributed by atoms with Gasteiger partial charge in [0.05, 0.1) is 0 Å². The number of halogens is 1. The summed E-state index contributed by atoms with van der Waals surface area (Å²) in [6.07, 6.45) is 1.84. The molecule has 0 radical (unpaired) electrons. The van der Waals surface area contributed by atoms with Crippen LogP contribution < -0.4 is 5.32 Å². The Morgan fingerprint density at radius 1 is 1.28 bits per heavy atom. The van der Waals surface area contributed by atoms with Crippen molar-refractivity contribution in [1.82, 2.24) is 5.32 Å². The number of aryl methyl sites for hydroxylation is 1. The largest absolute Gasteiger partial charge is 0.346 e. The number of hydrogen-bond donors (Lipinski definition) is 1. The van der Waals surface area contributed by atoms with E-state index in [1.54, 1.807) is 0 Å². The molecule has 0 atom stereocenters. The van der Waals surface area contributed by atoms with Gasteiger partial charge in [-0.3, -0.25) is 4.79 Å². The van der Waals surface area contributed by atoms with Crippen LogP contribution in [0.2, 0.25) is 0 Å². The van der Waals surface area contributed by atoms with Crippen LogP contribution in [0.15, 0.2) is 18.2 Å². The van der Waals surface area contributed by atoms with E-state index in [0.717, 1.165) is 34.9 Å². The van der Waals surface area contributed by atoms with Crippen molar-refractivity contribution >= 4 is 21.8 Å². The summed E-state index contributed by atoms with van der Waals surface area (Å²) < 4.78 is 0. The van der Waals surface area contributed by atoms with E-state index in [0.29, 0.717) is 0 Å². The molecule has 100 valence electrons. The van der Waals surface area contributed by atoms with Gasteiger partial charge in [-0.2, -0.15) is 0 Å². The first kappa shape index (κ1) is 15.2. The molecule has 0 fully saturated rings. The normalized spacial score (nSPS) is 11.4. The molecule has 1 N–H and O–H groups in total. The Morgan fingerprint density at radius 3 is 2.39 bits per heavy atom. The van der Waals surface area contributed by atoms with Crippen LogP contribution in [0.25, 0.3) is 0 Å². The molecule has 0 saturated heterocycles. The van der Waals surface area contributed by atoms with Crippen molar-refractivity contribution in [2.45, 2.75) is 46.1 Å². The zero-order valence-corrected chi connectivity index (χ0v) is 13.2. The molecular formula is C15H22BrNO. The summed E-state index contributed by atoms with van der Waals surface area (Å²) in [4.78, 5) is 12.4. The third-order valence-corrected chi connectivity index (χ3v) is 4.91. The van der Waals surface area contributed by atoms with Crippen molar-refractivity contribution < 1.29 is 4.79 Å². The highest BCUT2D eigenvalue weighted by Gasteiger charge is 2.27. The third kappa shape index (κ3) is 3.14. The predicted molar refractivity (Wildman–Crippen MR) is 80.5 cm³/mol. The fraction of sp³-hybridized carbons (Fsp3) is 0.533. The van der Waals surface area contributed by atoms with E-state index in [-0.39, 0.29) is 11.4 Å². The van der Waals surface area contributed by atoms with E-state index in [4.69, 9.17) is 0 Å². The van der Waals surface area contributed by atoms with Crippen LogP contribution in [0.1, 0.15) is 48.2 Å². The molecule has 1 aromatic rings. The maximum atomic E-state index is 12.4. The van der Waals surface area contributed by atoms with Gasteiger partial charge in [0.15, 0.2) is 0 Å². The highest BCUT2D eigenvalue weighted by atomic mass is 79.9. The van der Waals surface area contributed by atoms with Crippen molar-refractivity contribution in [3.8, 4) is 0 Å². The van der Waals surface area contributed by atoms with E-state index in [9.17, 15) is 4.79 Å². The van der Waals surface area contributed by atoms with Crippen LogP contribution in [0.3, 0.4) is 0 Å². The third-order valence-electron chi connectivity index (χ3n) is 3.84. The number of nitrogens with one attached hydrogen (secondary N) is 1. The first-order valence-electron chi connectivity index (χ1n) is 6.44. The Morgan fingerprint density at radius 2 is 1.89 bits per heavy atom. The van der Waals surface area contributed by atoms with Crippen LogP contribution >= 0.6 is 15.9 Å². The number of carbonyl (C=O) groups is 1. The predicted octanol–water partition coefficient (Wildman–Crippen LogP) is 3.99. The van der Waals surface area contributed by atoms with Crippen molar-refractivity contribution in [1.29, 1.82) is 0 Å². The van der Waals surface area contributed by atoms with Gasteiger partial charge in [-0.1, -0.05) is 41.9 Å². The maximum Gasteiger partial charge on any atom is 0.252 e. The van der Waals surface area contributed by atoms with Gasteiger partial charge in [0.2, 0.25) is 0 Å². The minimum absolute atomic E-state index is 0.0272. The first-order chi connectivity index (χ1) is 8.49. The highest BCUT2D eigenvalue weighted by Crippen LogP contribution is 2.20. The standard InChI is InChI=1S/C15H22BrNO/c1-5-15(6-2,10-16)17-14(18)13-9-7-8-11(3)12(13)4/h7-9H,5-6,10H2,1-4H3,(H,17,18). The molecule has 1 rings (SSSR count). The lowest BCUT2D eigenvalue weighted by atomic mass is 9.94. The maximum absolute atomic E-state index is 12.4. The van der Waals surface area contributed by atoms with Crippen molar-refractivity contribution in [3.05, 3.63) is 34.9 Å². The summed E-state index contributed by atoms with van der Waals surface area (Å²) in [5, 5.41) is 3.96. The lowest BCUT2D eigenvalue weighted by Crippen LogP contribution is -2.49. The topological polar surface area (TPSA) is 29.1 Å². The molecular weight excluding hydrogens is 290 g/mol. The van der Waals surface area contributed by atoms with Crippen molar-refractivity contribution in [3.63, 3.8) is 0 Å². The van der Waals surface area contributed by atoms with Crippen molar-refractivity contribution in [2.75, 3.05) is 5.33 Å². The Kier molecular flexibility index (Phi) is 5.39. The van der Waals surface area contributed by atoms with Gasteiger partial charge in [-0.15, -0.1) is 0 Å². The molecule has 18 heavy (non-hydrogen) atoms. The molecule has 0 aliphatic carbocycles. The number of amides is 1. The second-order valence-electron chi connectivity index (χ2n) is 4.82. The van der Waals surface area contributed by atoms with Gasteiger partial charge < -0.3 is 5.32 Å². The molecule has 3 heteroatoms. The van der Waals surface area contributed by atoms with Crippen LogP contribution in [0.4, 0.5) is 0 Å². The lowest BCUT2D eigenvalue weighted by molar-refractivity contribution is 0.0903. The summed E-state index contributed by atoms with van der Waals surface area (Å²) in [5.74, 6) is 0.0272. The van der Waals surface area contributed by atoms with Gasteiger partial charge in [0, 0.05) is 16.4 Å². The van der Waals surface area contributed by atoms with Crippen LogP contribution in [0, 0.1) is 13.8 Å². The Balaban J connectivity index is 2.98. The Bertz CT molecular complexity index is 416. The van der Waals surface area contributed by atoms with Gasteiger partial charge in [0.25, 0.3) is 5.91 Å². The molecule has 0 aliphatic rings. The average molecular weight is 312 g/mol. The number of alkyl halides is 1. The smallest absolute Gasteiger partial charge is 0.252 e. The summed E-state index contributed by atoms with van der Waals surface area (Å²) >= 11 is 3.51. The second-order valence-corrected chi connectivity index (χ2v) is 5.38. The number of benzene rings is 1. The molecule has 1 aromatic carbocycles. The Labute approximate surface area is 118 Å². The molecule has 0 aliphatic heterocycles. The van der Waals surface area contributed by atoms with E-state index in [1.807, 2.05) is 32.0 Å². The number of hydrogen-bond acceptors (Lipinski definition) is 1. The molecule has 0 bridgehead atoms. The SMILES string of the molecule is CCC(CC)(CBr)NC(=O)c1cccc(C)c1C. The summed E-state index contributed by atoms with van der Waals surface area (Å²) in [7, 11) is 0. The minimum atomic E-state index is -0.146. The minimum Gasteiger partial charge on any atom is -0.346 e. The summed E-state index contributed by atoms with van der Waals surface area (Å²) in [6.45, 7) is 8.24. The fourth-order valence-electron chi connectivity index (χ4n) is 1.95. The number of carbonyl (C=O) groups excluding carboxylic acids is 1. The molecule has 0 spiro atoms.